The first-order valence-electron chi connectivity index (χ1n) is 6.40. The van der Waals surface area contributed by atoms with Crippen LogP contribution in [0.1, 0.15) is 17.4 Å². The van der Waals surface area contributed by atoms with Crippen molar-refractivity contribution in [2.24, 2.45) is 0 Å². The van der Waals surface area contributed by atoms with Gasteiger partial charge in [-0.25, -0.2) is 4.98 Å². The van der Waals surface area contributed by atoms with E-state index in [1.54, 1.807) is 18.4 Å². The van der Waals surface area contributed by atoms with Gasteiger partial charge in [-0.05, 0) is 20.8 Å². The molecular weight excluding hydrogens is 256 g/mol. The SMILES string of the molecule is COCC(C)Nc1nc(-c2ccc(C)cc2)c(C)s1. The van der Waals surface area contributed by atoms with E-state index in [0.29, 0.717) is 6.61 Å². The molecule has 1 aromatic carbocycles. The number of hydrogen-bond acceptors (Lipinski definition) is 4. The molecule has 19 heavy (non-hydrogen) atoms. The summed E-state index contributed by atoms with van der Waals surface area (Å²) in [7, 11) is 1.71. The van der Waals surface area contributed by atoms with Gasteiger partial charge in [-0.15, -0.1) is 11.3 Å². The minimum atomic E-state index is 0.265. The first-order valence-corrected chi connectivity index (χ1v) is 7.21. The van der Waals surface area contributed by atoms with Gasteiger partial charge >= 0.3 is 0 Å². The molecule has 2 aromatic rings. The molecule has 0 spiro atoms. The second-order valence-electron chi connectivity index (χ2n) is 4.79. The number of rotatable bonds is 5. The Labute approximate surface area is 118 Å². The number of methoxy groups -OCH3 is 1. The van der Waals surface area contributed by atoms with E-state index in [1.807, 2.05) is 0 Å². The van der Waals surface area contributed by atoms with Gasteiger partial charge in [0.25, 0.3) is 0 Å². The van der Waals surface area contributed by atoms with Gasteiger partial charge in [-0.1, -0.05) is 29.8 Å². The number of nitrogens with one attached hydrogen (secondary N) is 1. The van der Waals surface area contributed by atoms with Crippen LogP contribution >= 0.6 is 11.3 Å². The maximum absolute atomic E-state index is 5.13. The van der Waals surface area contributed by atoms with Crippen LogP contribution in [0.3, 0.4) is 0 Å². The summed E-state index contributed by atoms with van der Waals surface area (Å²) in [5.41, 5.74) is 3.51. The third kappa shape index (κ3) is 3.55. The predicted octanol–water partition coefficient (Wildman–Crippen LogP) is 3.87. The number of nitrogens with zero attached hydrogens (tertiary/aromatic N) is 1. The third-order valence-electron chi connectivity index (χ3n) is 2.91. The number of ether oxygens (including phenoxy) is 1. The van der Waals surface area contributed by atoms with Crippen molar-refractivity contribution in [3.8, 4) is 11.3 Å². The minimum Gasteiger partial charge on any atom is -0.383 e. The third-order valence-corrected chi connectivity index (χ3v) is 3.81. The van der Waals surface area contributed by atoms with Crippen molar-refractivity contribution in [2.75, 3.05) is 19.0 Å². The van der Waals surface area contributed by atoms with E-state index < -0.39 is 0 Å². The fraction of sp³-hybridized carbons (Fsp3) is 0.400. The standard InChI is InChI=1S/C15H20N2OS/c1-10-5-7-13(8-6-10)14-12(3)19-15(17-14)16-11(2)9-18-4/h5-8,11H,9H2,1-4H3,(H,16,17). The molecule has 0 aliphatic carbocycles. The van der Waals surface area contributed by atoms with Crippen LogP contribution in [0, 0.1) is 13.8 Å². The molecule has 0 saturated carbocycles. The summed E-state index contributed by atoms with van der Waals surface area (Å²) < 4.78 is 5.13. The van der Waals surface area contributed by atoms with Gasteiger partial charge in [0.2, 0.25) is 0 Å². The highest BCUT2D eigenvalue weighted by Crippen LogP contribution is 2.30. The van der Waals surface area contributed by atoms with Gasteiger partial charge in [-0.3, -0.25) is 0 Å². The first-order chi connectivity index (χ1) is 9.10. The van der Waals surface area contributed by atoms with Gasteiger partial charge in [0.1, 0.15) is 0 Å². The fourth-order valence-corrected chi connectivity index (χ4v) is 2.89. The molecule has 0 bridgehead atoms. The number of aryl methyl sites for hydroxylation is 2. The van der Waals surface area contributed by atoms with E-state index in [1.165, 1.54) is 16.0 Å². The number of benzene rings is 1. The average molecular weight is 276 g/mol. The van der Waals surface area contributed by atoms with Crippen molar-refractivity contribution in [1.82, 2.24) is 4.98 Å². The van der Waals surface area contributed by atoms with Crippen molar-refractivity contribution >= 4 is 16.5 Å². The smallest absolute Gasteiger partial charge is 0.183 e. The van der Waals surface area contributed by atoms with Crippen molar-refractivity contribution in [3.63, 3.8) is 0 Å². The van der Waals surface area contributed by atoms with E-state index >= 15 is 0 Å². The van der Waals surface area contributed by atoms with E-state index in [-0.39, 0.29) is 6.04 Å². The van der Waals surface area contributed by atoms with Crippen molar-refractivity contribution < 1.29 is 4.74 Å². The Bertz CT molecular complexity index is 534. The second-order valence-corrected chi connectivity index (χ2v) is 5.99. The monoisotopic (exact) mass is 276 g/mol. The molecule has 1 aromatic heterocycles. The van der Waals surface area contributed by atoms with Crippen LogP contribution in [0.15, 0.2) is 24.3 Å². The molecule has 0 saturated heterocycles. The second kappa shape index (κ2) is 6.17. The lowest BCUT2D eigenvalue weighted by Gasteiger charge is -2.10. The quantitative estimate of drug-likeness (QED) is 0.900. The highest BCUT2D eigenvalue weighted by atomic mass is 32.1. The summed E-state index contributed by atoms with van der Waals surface area (Å²) in [6, 6.07) is 8.75. The maximum Gasteiger partial charge on any atom is 0.183 e. The van der Waals surface area contributed by atoms with E-state index in [0.717, 1.165) is 10.8 Å². The highest BCUT2D eigenvalue weighted by Gasteiger charge is 2.11. The lowest BCUT2D eigenvalue weighted by Crippen LogP contribution is -2.20. The molecule has 3 nitrogen and oxygen atoms in total. The molecule has 0 aliphatic heterocycles. The molecule has 0 amide bonds. The van der Waals surface area contributed by atoms with Crippen molar-refractivity contribution in [3.05, 3.63) is 34.7 Å². The molecule has 2 rings (SSSR count). The van der Waals surface area contributed by atoms with E-state index in [4.69, 9.17) is 4.74 Å². The topological polar surface area (TPSA) is 34.1 Å². The minimum absolute atomic E-state index is 0.265. The number of aromatic nitrogens is 1. The molecule has 0 fully saturated rings. The lowest BCUT2D eigenvalue weighted by atomic mass is 10.1. The number of hydrogen-bond donors (Lipinski definition) is 1. The van der Waals surface area contributed by atoms with Crippen LogP contribution in [0.25, 0.3) is 11.3 Å². The van der Waals surface area contributed by atoms with Gasteiger partial charge in [0.05, 0.1) is 12.3 Å². The molecule has 4 heteroatoms. The van der Waals surface area contributed by atoms with Gasteiger partial charge in [0, 0.05) is 23.6 Å². The van der Waals surface area contributed by atoms with Crippen LogP contribution in [-0.4, -0.2) is 24.7 Å². The molecule has 1 unspecified atom stereocenters. The van der Waals surface area contributed by atoms with Crippen molar-refractivity contribution in [1.29, 1.82) is 0 Å². The Morgan fingerprint density at radius 1 is 1.26 bits per heavy atom. The Morgan fingerprint density at radius 2 is 1.95 bits per heavy atom. The zero-order valence-electron chi connectivity index (χ0n) is 11.9. The molecule has 102 valence electrons. The Hall–Kier alpha value is -1.39. The van der Waals surface area contributed by atoms with E-state index in [2.05, 4.69) is 55.3 Å². The summed E-state index contributed by atoms with van der Waals surface area (Å²) in [6.45, 7) is 6.97. The zero-order valence-corrected chi connectivity index (χ0v) is 12.7. The predicted molar refractivity (Wildman–Crippen MR) is 82.0 cm³/mol. The van der Waals surface area contributed by atoms with Crippen LogP contribution < -0.4 is 5.32 Å². The summed E-state index contributed by atoms with van der Waals surface area (Å²) in [5.74, 6) is 0. The fourth-order valence-electron chi connectivity index (χ4n) is 1.94. The molecule has 1 N–H and O–H groups in total. The lowest BCUT2D eigenvalue weighted by molar-refractivity contribution is 0.190. The molecule has 0 aliphatic rings. The van der Waals surface area contributed by atoms with Gasteiger partial charge in [0.15, 0.2) is 5.13 Å². The Balaban J connectivity index is 2.19. The Kier molecular flexibility index (Phi) is 4.56. The maximum atomic E-state index is 5.13. The van der Waals surface area contributed by atoms with Gasteiger partial charge in [-0.2, -0.15) is 0 Å². The highest BCUT2D eigenvalue weighted by molar-refractivity contribution is 7.16. The van der Waals surface area contributed by atoms with Crippen LogP contribution in [0.2, 0.25) is 0 Å². The zero-order chi connectivity index (χ0) is 13.8. The summed E-state index contributed by atoms with van der Waals surface area (Å²) >= 11 is 1.69. The average Bonchev–Trinajstić information content (AvgIpc) is 2.71. The molecule has 0 radical (unpaired) electrons. The first kappa shape index (κ1) is 14.0. The summed E-state index contributed by atoms with van der Waals surface area (Å²) in [6.07, 6.45) is 0. The normalized spacial score (nSPS) is 12.4. The summed E-state index contributed by atoms with van der Waals surface area (Å²) in [4.78, 5) is 5.92. The molecular formula is C15H20N2OS. The summed E-state index contributed by atoms with van der Waals surface area (Å²) in [5, 5.41) is 4.32. The molecule has 1 atom stereocenters. The van der Waals surface area contributed by atoms with Crippen LogP contribution in [0.5, 0.6) is 0 Å². The number of thiazole rings is 1. The van der Waals surface area contributed by atoms with Crippen LogP contribution in [0.4, 0.5) is 5.13 Å². The number of anilines is 1. The molecule has 1 heterocycles. The Morgan fingerprint density at radius 3 is 2.58 bits per heavy atom. The van der Waals surface area contributed by atoms with Gasteiger partial charge < -0.3 is 10.1 Å². The van der Waals surface area contributed by atoms with E-state index in [9.17, 15) is 0 Å². The largest absolute Gasteiger partial charge is 0.383 e. The van der Waals surface area contributed by atoms with Crippen molar-refractivity contribution in [2.45, 2.75) is 26.8 Å². The van der Waals surface area contributed by atoms with Crippen LogP contribution in [-0.2, 0) is 4.74 Å².